The van der Waals surface area contributed by atoms with Gasteiger partial charge in [0, 0.05) is 38.3 Å². The molecule has 0 N–H and O–H groups in total. The second-order valence-corrected chi connectivity index (χ2v) is 5.34. The number of piperazine rings is 1. The van der Waals surface area contributed by atoms with Gasteiger partial charge in [0.05, 0.1) is 6.61 Å². The third-order valence-corrected chi connectivity index (χ3v) is 3.76. The summed E-state index contributed by atoms with van der Waals surface area (Å²) in [6.45, 7) is 6.07. The van der Waals surface area contributed by atoms with Gasteiger partial charge in [0.25, 0.3) is 0 Å². The molecule has 21 heavy (non-hydrogen) atoms. The molecule has 1 aliphatic heterocycles. The maximum Gasteiger partial charge on any atom is 0.330 e. The smallest absolute Gasteiger partial charge is 0.330 e. The zero-order valence-electron chi connectivity index (χ0n) is 12.9. The number of rotatable bonds is 5. The van der Waals surface area contributed by atoms with Crippen LogP contribution in [0.5, 0.6) is 0 Å². The number of carbonyl (C=O) groups excluding carboxylic acids is 1. The number of hydrogen-bond acceptors (Lipinski definition) is 4. The maximum absolute atomic E-state index is 11.4. The van der Waals surface area contributed by atoms with Crippen LogP contribution < -0.4 is 0 Å². The van der Waals surface area contributed by atoms with E-state index in [1.54, 1.807) is 0 Å². The molecule has 1 heterocycles. The summed E-state index contributed by atoms with van der Waals surface area (Å²) in [6.07, 6.45) is 3.43. The predicted octanol–water partition coefficient (Wildman–Crippen LogP) is 2.09. The number of likely N-dealkylation sites (N-methyl/N-ethyl adjacent to an activating group) is 1. The van der Waals surface area contributed by atoms with Crippen molar-refractivity contribution < 1.29 is 9.53 Å². The summed E-state index contributed by atoms with van der Waals surface area (Å²) >= 11 is 0. The van der Waals surface area contributed by atoms with E-state index in [2.05, 4.69) is 41.1 Å². The molecule has 0 aromatic heterocycles. The first-order valence-electron chi connectivity index (χ1n) is 7.51. The number of esters is 1. The normalized spacial score (nSPS) is 20.8. The highest BCUT2D eigenvalue weighted by Gasteiger charge is 2.25. The number of benzene rings is 1. The minimum atomic E-state index is -0.261. The standard InChI is InChI=1S/C17H24N2O2/c1-3-21-17(20)10-7-11-19-13-12-18(2)14-16(19)15-8-5-4-6-9-15/h4-10,16H,3,11-14H2,1-2H3/b10-7+. The van der Waals surface area contributed by atoms with Gasteiger partial charge < -0.3 is 9.64 Å². The largest absolute Gasteiger partial charge is 0.463 e. The Balaban J connectivity index is 2.00. The number of ether oxygens (including phenoxy) is 1. The van der Waals surface area contributed by atoms with Crippen LogP contribution in [-0.2, 0) is 9.53 Å². The molecule has 0 saturated carbocycles. The molecule has 0 spiro atoms. The van der Waals surface area contributed by atoms with E-state index >= 15 is 0 Å². The van der Waals surface area contributed by atoms with Gasteiger partial charge in [0.15, 0.2) is 0 Å². The lowest BCUT2D eigenvalue weighted by Gasteiger charge is -2.39. The Kier molecular flexibility index (Phi) is 5.96. The van der Waals surface area contributed by atoms with Crippen molar-refractivity contribution in [2.75, 3.05) is 39.8 Å². The van der Waals surface area contributed by atoms with Crippen molar-refractivity contribution in [3.8, 4) is 0 Å². The summed E-state index contributed by atoms with van der Waals surface area (Å²) in [5.74, 6) is -0.261. The molecular formula is C17H24N2O2. The van der Waals surface area contributed by atoms with Crippen LogP contribution in [0, 0.1) is 0 Å². The van der Waals surface area contributed by atoms with Gasteiger partial charge >= 0.3 is 5.97 Å². The Morgan fingerprint density at radius 1 is 1.33 bits per heavy atom. The minimum Gasteiger partial charge on any atom is -0.463 e. The molecule has 2 rings (SSSR count). The first kappa shape index (κ1) is 15.7. The lowest BCUT2D eigenvalue weighted by atomic mass is 10.0. The quantitative estimate of drug-likeness (QED) is 0.613. The summed E-state index contributed by atoms with van der Waals surface area (Å²) in [5.41, 5.74) is 1.33. The van der Waals surface area contributed by atoms with Crippen LogP contribution in [0.3, 0.4) is 0 Å². The van der Waals surface area contributed by atoms with Crippen molar-refractivity contribution in [1.82, 2.24) is 9.80 Å². The average molecular weight is 288 g/mol. The van der Waals surface area contributed by atoms with Crippen LogP contribution in [0.1, 0.15) is 18.5 Å². The van der Waals surface area contributed by atoms with Crippen LogP contribution in [0.25, 0.3) is 0 Å². The second-order valence-electron chi connectivity index (χ2n) is 5.34. The monoisotopic (exact) mass is 288 g/mol. The summed E-state index contributed by atoms with van der Waals surface area (Å²) in [6, 6.07) is 10.9. The van der Waals surface area contributed by atoms with E-state index in [4.69, 9.17) is 4.74 Å². The van der Waals surface area contributed by atoms with E-state index < -0.39 is 0 Å². The Hall–Kier alpha value is -1.65. The van der Waals surface area contributed by atoms with Crippen molar-refractivity contribution in [3.05, 3.63) is 48.0 Å². The van der Waals surface area contributed by atoms with E-state index in [9.17, 15) is 4.79 Å². The van der Waals surface area contributed by atoms with Crippen LogP contribution >= 0.6 is 0 Å². The van der Waals surface area contributed by atoms with Gasteiger partial charge in [-0.15, -0.1) is 0 Å². The summed E-state index contributed by atoms with van der Waals surface area (Å²) in [7, 11) is 2.15. The predicted molar refractivity (Wildman–Crippen MR) is 84.0 cm³/mol. The van der Waals surface area contributed by atoms with E-state index in [0.29, 0.717) is 12.6 Å². The number of carbonyl (C=O) groups is 1. The molecule has 1 aliphatic rings. The van der Waals surface area contributed by atoms with Crippen molar-refractivity contribution in [1.29, 1.82) is 0 Å². The Bertz CT molecular complexity index is 473. The van der Waals surface area contributed by atoms with Crippen LogP contribution in [0.15, 0.2) is 42.5 Å². The minimum absolute atomic E-state index is 0.261. The lowest BCUT2D eigenvalue weighted by molar-refractivity contribution is -0.137. The topological polar surface area (TPSA) is 32.8 Å². The Morgan fingerprint density at radius 2 is 2.10 bits per heavy atom. The zero-order valence-corrected chi connectivity index (χ0v) is 12.9. The van der Waals surface area contributed by atoms with Crippen molar-refractivity contribution in [2.24, 2.45) is 0 Å². The molecular weight excluding hydrogens is 264 g/mol. The van der Waals surface area contributed by atoms with Gasteiger partial charge in [-0.1, -0.05) is 36.4 Å². The molecule has 0 amide bonds. The fourth-order valence-corrected chi connectivity index (χ4v) is 2.64. The van der Waals surface area contributed by atoms with E-state index in [1.165, 1.54) is 11.6 Å². The van der Waals surface area contributed by atoms with Crippen molar-refractivity contribution >= 4 is 5.97 Å². The highest BCUT2D eigenvalue weighted by Crippen LogP contribution is 2.24. The van der Waals surface area contributed by atoms with Gasteiger partial charge in [-0.2, -0.15) is 0 Å². The van der Waals surface area contributed by atoms with Crippen LogP contribution in [0.2, 0.25) is 0 Å². The van der Waals surface area contributed by atoms with Gasteiger partial charge in [-0.3, -0.25) is 4.90 Å². The summed E-state index contributed by atoms with van der Waals surface area (Å²) < 4.78 is 4.91. The number of nitrogens with zero attached hydrogens (tertiary/aromatic N) is 2. The van der Waals surface area contributed by atoms with Gasteiger partial charge in [-0.25, -0.2) is 4.79 Å². The lowest BCUT2D eigenvalue weighted by Crippen LogP contribution is -2.46. The fraction of sp³-hybridized carbons (Fsp3) is 0.471. The zero-order chi connectivity index (χ0) is 15.1. The molecule has 4 heteroatoms. The molecule has 1 fully saturated rings. The Labute approximate surface area is 127 Å². The summed E-state index contributed by atoms with van der Waals surface area (Å²) in [5, 5.41) is 0. The molecule has 1 atom stereocenters. The second kappa shape index (κ2) is 7.96. The highest BCUT2D eigenvalue weighted by molar-refractivity contribution is 5.81. The third-order valence-electron chi connectivity index (χ3n) is 3.76. The summed E-state index contributed by atoms with van der Waals surface area (Å²) in [4.78, 5) is 16.1. The molecule has 1 aromatic carbocycles. The average Bonchev–Trinajstić information content (AvgIpc) is 2.50. The van der Waals surface area contributed by atoms with Crippen LogP contribution in [0.4, 0.5) is 0 Å². The van der Waals surface area contributed by atoms with Gasteiger partial charge in [-0.05, 0) is 19.5 Å². The van der Waals surface area contributed by atoms with Gasteiger partial charge in [0.1, 0.15) is 0 Å². The van der Waals surface area contributed by atoms with Crippen molar-refractivity contribution in [2.45, 2.75) is 13.0 Å². The highest BCUT2D eigenvalue weighted by atomic mass is 16.5. The first-order chi connectivity index (χ1) is 10.2. The van der Waals surface area contributed by atoms with E-state index in [-0.39, 0.29) is 5.97 Å². The SMILES string of the molecule is CCOC(=O)/C=C/CN1CCN(C)CC1c1ccccc1. The Morgan fingerprint density at radius 3 is 2.81 bits per heavy atom. The molecule has 0 radical (unpaired) electrons. The fourth-order valence-electron chi connectivity index (χ4n) is 2.64. The van der Waals surface area contributed by atoms with E-state index in [0.717, 1.165) is 26.2 Å². The maximum atomic E-state index is 11.4. The first-order valence-corrected chi connectivity index (χ1v) is 7.51. The third kappa shape index (κ3) is 4.69. The molecule has 0 bridgehead atoms. The van der Waals surface area contributed by atoms with Crippen molar-refractivity contribution in [3.63, 3.8) is 0 Å². The molecule has 114 valence electrons. The molecule has 1 aromatic rings. The molecule has 0 aliphatic carbocycles. The van der Waals surface area contributed by atoms with E-state index in [1.807, 2.05) is 19.1 Å². The number of hydrogen-bond donors (Lipinski definition) is 0. The molecule has 1 unspecified atom stereocenters. The van der Waals surface area contributed by atoms with Crippen LogP contribution in [-0.4, -0.2) is 55.6 Å². The molecule has 4 nitrogen and oxygen atoms in total. The molecule has 1 saturated heterocycles. The van der Waals surface area contributed by atoms with Gasteiger partial charge in [0.2, 0.25) is 0 Å².